The van der Waals surface area contributed by atoms with Crippen LogP contribution >= 0.6 is 18.2 Å². The van der Waals surface area contributed by atoms with Crippen molar-refractivity contribution in [2.75, 3.05) is 0 Å². The predicted molar refractivity (Wildman–Crippen MR) is 106 cm³/mol. The average molecular weight is 380 g/mol. The van der Waals surface area contributed by atoms with E-state index in [1.165, 1.54) is 5.56 Å². The van der Waals surface area contributed by atoms with Gasteiger partial charge in [0.15, 0.2) is 0 Å². The van der Waals surface area contributed by atoms with Gasteiger partial charge in [0.2, 0.25) is 0 Å². The van der Waals surface area contributed by atoms with Gasteiger partial charge in [-0.05, 0) is 37.2 Å². The van der Waals surface area contributed by atoms with Gasteiger partial charge in [0.1, 0.15) is 6.10 Å². The molecule has 4 nitrogen and oxygen atoms in total. The lowest BCUT2D eigenvalue weighted by molar-refractivity contribution is -0.141. The van der Waals surface area contributed by atoms with Crippen LogP contribution in [0.15, 0.2) is 30.3 Å². The van der Waals surface area contributed by atoms with Crippen molar-refractivity contribution in [2.24, 2.45) is 11.8 Å². The van der Waals surface area contributed by atoms with E-state index in [-0.39, 0.29) is 42.5 Å². The van der Waals surface area contributed by atoms with Crippen molar-refractivity contribution < 1.29 is 19.3 Å². The molecule has 1 aliphatic carbocycles. The van der Waals surface area contributed by atoms with Crippen LogP contribution in [-0.2, 0) is 20.6 Å². The van der Waals surface area contributed by atoms with Gasteiger partial charge >= 0.3 is 12.3 Å². The summed E-state index contributed by atoms with van der Waals surface area (Å²) in [6.45, 7) is 0. The summed E-state index contributed by atoms with van der Waals surface area (Å²) < 4.78 is 11.5. The number of esters is 1. The minimum absolute atomic E-state index is 0.00212. The molecule has 1 aliphatic heterocycles. The van der Waals surface area contributed by atoms with E-state index in [4.69, 9.17) is 9.39 Å². The second kappa shape index (κ2) is 8.95. The monoisotopic (exact) mass is 380 g/mol. The first-order chi connectivity index (χ1) is 12.0. The number of fused-ring (bicyclic) bond motifs is 1. The summed E-state index contributed by atoms with van der Waals surface area (Å²) in [6.07, 6.45) is 4.33. The van der Waals surface area contributed by atoms with Crippen LogP contribution in [0.1, 0.15) is 37.7 Å². The van der Waals surface area contributed by atoms with E-state index < -0.39 is 0 Å². The molecule has 1 aromatic carbocycles. The van der Waals surface area contributed by atoms with Crippen LogP contribution in [0.4, 0.5) is 0 Å². The van der Waals surface area contributed by atoms with E-state index in [2.05, 4.69) is 30.4 Å². The lowest BCUT2D eigenvalue weighted by atomic mass is 9.86. The van der Waals surface area contributed by atoms with Crippen molar-refractivity contribution in [3.05, 3.63) is 35.9 Å². The zero-order chi connectivity index (χ0) is 17.8. The Morgan fingerprint density at radius 1 is 1.28 bits per heavy atom. The lowest BCUT2D eigenvalue weighted by Crippen LogP contribution is -2.27. The molecule has 3 rings (SSSR count). The van der Waals surface area contributed by atoms with Crippen LogP contribution in [0, 0.1) is 11.8 Å². The largest absolute Gasteiger partial charge is 0.462 e. The van der Waals surface area contributed by atoms with Crippen LogP contribution in [-0.4, -0.2) is 35.7 Å². The maximum atomic E-state index is 11.6. The van der Waals surface area contributed by atoms with Gasteiger partial charge in [-0.1, -0.05) is 30.3 Å². The van der Waals surface area contributed by atoms with E-state index in [9.17, 15) is 9.90 Å². The van der Waals surface area contributed by atoms with Crippen molar-refractivity contribution in [3.63, 3.8) is 0 Å². The van der Waals surface area contributed by atoms with E-state index in [0.29, 0.717) is 6.42 Å². The summed E-state index contributed by atoms with van der Waals surface area (Å²) in [6, 6.07) is 10.3. The maximum Gasteiger partial charge on any atom is 0.336 e. The first-order valence-corrected chi connectivity index (χ1v) is 10.4. The third-order valence-corrected chi connectivity index (χ3v) is 5.74. The standard InChI is InChI=1S/C18H27BO4P2/c20-13(7-6-12-4-2-1-3-5-12)8-9-14-15-10-18(21)22-16(15)11-17(14)23-19(24)25/h1-5,13-17,20H,6-11,24-25H2/t13-,14+,15+,16-,17+/m0/s1. The number of hydrogen-bond donors (Lipinski definition) is 1. The Morgan fingerprint density at radius 3 is 2.76 bits per heavy atom. The molecule has 2 fully saturated rings. The van der Waals surface area contributed by atoms with Crippen LogP contribution in [0.2, 0.25) is 0 Å². The zero-order valence-corrected chi connectivity index (χ0v) is 16.7. The number of carbonyl (C=O) groups excluding carboxylic acids is 1. The molecule has 0 radical (unpaired) electrons. The van der Waals surface area contributed by atoms with Crippen molar-refractivity contribution in [1.29, 1.82) is 0 Å². The highest BCUT2D eigenvalue weighted by Gasteiger charge is 2.50. The molecule has 25 heavy (non-hydrogen) atoms. The van der Waals surface area contributed by atoms with Gasteiger partial charge < -0.3 is 14.5 Å². The molecule has 136 valence electrons. The third kappa shape index (κ3) is 5.26. The molecule has 0 amide bonds. The number of aryl methyl sites for hydroxylation is 1. The molecule has 1 N–H and O–H groups in total. The topological polar surface area (TPSA) is 55.8 Å². The van der Waals surface area contributed by atoms with Crippen molar-refractivity contribution in [2.45, 2.75) is 56.8 Å². The highest BCUT2D eigenvalue weighted by atomic mass is 31.1. The van der Waals surface area contributed by atoms with Crippen LogP contribution < -0.4 is 0 Å². The molecule has 1 heterocycles. The predicted octanol–water partition coefficient (Wildman–Crippen LogP) is 2.83. The van der Waals surface area contributed by atoms with Gasteiger partial charge in [0.25, 0.3) is 0 Å². The number of hydrogen-bond acceptors (Lipinski definition) is 4. The summed E-state index contributed by atoms with van der Waals surface area (Å²) in [5.41, 5.74) is 1.26. The summed E-state index contributed by atoms with van der Waals surface area (Å²) >= 11 is 0. The Labute approximate surface area is 154 Å². The SMILES string of the molecule is O=C1C[C@@H]2[C@@H](CC[C@@H](O)CCc3ccccc3)[C@H](OB(P)P)C[C@@H]2O1. The number of benzene rings is 1. The van der Waals surface area contributed by atoms with Crippen molar-refractivity contribution >= 4 is 30.6 Å². The smallest absolute Gasteiger partial charge is 0.336 e. The Kier molecular flexibility index (Phi) is 6.91. The van der Waals surface area contributed by atoms with Gasteiger partial charge in [-0.15, -0.1) is 18.2 Å². The fourth-order valence-electron chi connectivity index (χ4n) is 4.22. The summed E-state index contributed by atoms with van der Waals surface area (Å²) in [4.78, 5) is 11.6. The Balaban J connectivity index is 1.51. The van der Waals surface area contributed by atoms with Gasteiger partial charge in [-0.2, -0.15) is 0 Å². The Bertz CT molecular complexity index is 571. The van der Waals surface area contributed by atoms with E-state index >= 15 is 0 Å². The quantitative estimate of drug-likeness (QED) is 0.428. The van der Waals surface area contributed by atoms with Gasteiger partial charge in [-0.3, -0.25) is 4.79 Å². The molecule has 1 aromatic rings. The fourth-order valence-corrected chi connectivity index (χ4v) is 4.63. The summed E-state index contributed by atoms with van der Waals surface area (Å²) in [5, 5.41) is 10.4. The zero-order valence-electron chi connectivity index (χ0n) is 14.4. The molecular weight excluding hydrogens is 353 g/mol. The average Bonchev–Trinajstić information content (AvgIpc) is 3.07. The highest BCUT2D eigenvalue weighted by Crippen LogP contribution is 2.45. The van der Waals surface area contributed by atoms with E-state index in [0.717, 1.165) is 32.1 Å². The number of rotatable bonds is 8. The molecule has 2 unspecified atom stereocenters. The van der Waals surface area contributed by atoms with Crippen LogP contribution in [0.25, 0.3) is 0 Å². The van der Waals surface area contributed by atoms with Crippen LogP contribution in [0.3, 0.4) is 0 Å². The lowest BCUT2D eigenvalue weighted by Gasteiger charge is -2.25. The molecule has 1 saturated carbocycles. The normalized spacial score (nSPS) is 29.3. The number of aliphatic hydroxyl groups excluding tert-OH is 1. The van der Waals surface area contributed by atoms with Gasteiger partial charge in [0, 0.05) is 18.4 Å². The van der Waals surface area contributed by atoms with E-state index in [1.54, 1.807) is 0 Å². The number of ether oxygens (including phenoxy) is 1. The van der Waals surface area contributed by atoms with Crippen molar-refractivity contribution in [3.8, 4) is 0 Å². The maximum absolute atomic E-state index is 11.6. The second-order valence-corrected chi connectivity index (χ2v) is 9.27. The molecular formula is C18H27BO4P2. The molecule has 0 spiro atoms. The first kappa shape index (κ1) is 19.3. The minimum atomic E-state index is -0.319. The fraction of sp³-hybridized carbons (Fsp3) is 0.611. The number of aliphatic hydroxyl groups is 1. The minimum Gasteiger partial charge on any atom is -0.462 e. The Morgan fingerprint density at radius 2 is 2.04 bits per heavy atom. The summed E-state index contributed by atoms with van der Waals surface area (Å²) in [7, 11) is 5.27. The first-order valence-electron chi connectivity index (χ1n) is 9.11. The van der Waals surface area contributed by atoms with Crippen LogP contribution in [0.5, 0.6) is 0 Å². The van der Waals surface area contributed by atoms with Gasteiger partial charge in [-0.25, -0.2) is 0 Å². The Hall–Kier alpha value is -0.465. The second-order valence-electron chi connectivity index (χ2n) is 7.19. The third-order valence-electron chi connectivity index (χ3n) is 5.43. The molecule has 7 atom stereocenters. The molecule has 2 aliphatic rings. The molecule has 7 heteroatoms. The van der Waals surface area contributed by atoms with Gasteiger partial charge in [0.05, 0.1) is 12.5 Å². The highest BCUT2D eigenvalue weighted by molar-refractivity contribution is 7.92. The van der Waals surface area contributed by atoms with E-state index in [1.807, 2.05) is 18.2 Å². The number of carbonyl (C=O) groups is 1. The van der Waals surface area contributed by atoms with Crippen molar-refractivity contribution in [1.82, 2.24) is 0 Å². The molecule has 0 aromatic heterocycles. The summed E-state index contributed by atoms with van der Waals surface area (Å²) in [5.74, 6) is 0.440. The molecule has 0 bridgehead atoms. The molecule has 1 saturated heterocycles.